The molecule has 1 rings (SSSR count). The third kappa shape index (κ3) is 5.14. The van der Waals surface area contributed by atoms with E-state index in [1.807, 2.05) is 0 Å². The van der Waals surface area contributed by atoms with Crippen LogP contribution in [0.5, 0.6) is 0 Å². The maximum Gasteiger partial charge on any atom is 0.00103 e. The lowest BCUT2D eigenvalue weighted by atomic mass is 9.76. The smallest absolute Gasteiger partial charge is 0.00103 e. The van der Waals surface area contributed by atoms with Gasteiger partial charge in [-0.15, -0.1) is 0 Å². The summed E-state index contributed by atoms with van der Waals surface area (Å²) in [6.45, 7) is 19.4. The number of nitrogens with one attached hydrogen (secondary N) is 1. The van der Waals surface area contributed by atoms with Crippen molar-refractivity contribution in [1.29, 1.82) is 0 Å². The van der Waals surface area contributed by atoms with Gasteiger partial charge in [-0.05, 0) is 46.9 Å². The van der Waals surface area contributed by atoms with Gasteiger partial charge in [0.15, 0.2) is 0 Å². The van der Waals surface area contributed by atoms with Crippen LogP contribution >= 0.6 is 0 Å². The van der Waals surface area contributed by atoms with Crippen LogP contribution in [0.1, 0.15) is 90.3 Å². The first-order valence-electron chi connectivity index (χ1n) is 8.53. The van der Waals surface area contributed by atoms with Gasteiger partial charge in [-0.2, -0.15) is 0 Å². The van der Waals surface area contributed by atoms with E-state index in [1.165, 1.54) is 23.1 Å². The highest BCUT2D eigenvalue weighted by molar-refractivity contribution is 5.39. The second-order valence-corrected chi connectivity index (χ2v) is 7.90. The molecular weight excluding hydrogens is 254 g/mol. The van der Waals surface area contributed by atoms with Gasteiger partial charge in [-0.3, -0.25) is 0 Å². The number of benzene rings is 1. The maximum atomic E-state index is 3.55. The quantitative estimate of drug-likeness (QED) is 0.689. The molecule has 0 radical (unpaired) electrons. The minimum atomic E-state index is 0.219. The molecule has 0 spiro atoms. The Kier molecular flexibility index (Phi) is 6.46. The molecule has 0 saturated heterocycles. The molecule has 0 atom stereocenters. The van der Waals surface area contributed by atoms with Crippen molar-refractivity contribution in [2.45, 2.75) is 85.1 Å². The van der Waals surface area contributed by atoms with E-state index in [9.17, 15) is 0 Å². The third-order valence-corrected chi connectivity index (χ3v) is 4.40. The molecule has 0 aliphatic heterocycles. The minimum Gasteiger partial charge on any atom is -0.315 e. The fraction of sp³-hybridized carbons (Fsp3) is 0.700. The van der Waals surface area contributed by atoms with Crippen LogP contribution in [0.15, 0.2) is 18.2 Å². The van der Waals surface area contributed by atoms with Crippen LogP contribution in [0.25, 0.3) is 0 Å². The Morgan fingerprint density at radius 1 is 0.952 bits per heavy atom. The monoisotopic (exact) mass is 289 g/mol. The summed E-state index contributed by atoms with van der Waals surface area (Å²) >= 11 is 0. The zero-order valence-electron chi connectivity index (χ0n) is 15.4. The summed E-state index contributed by atoms with van der Waals surface area (Å²) in [5.74, 6) is 1.18. The molecule has 1 aromatic carbocycles. The number of hydrogen-bond acceptors (Lipinski definition) is 1. The second kappa shape index (κ2) is 7.45. The molecule has 21 heavy (non-hydrogen) atoms. The molecule has 1 N–H and O–H groups in total. The van der Waals surface area contributed by atoms with Gasteiger partial charge in [0.05, 0.1) is 0 Å². The number of rotatable bonds is 7. The van der Waals surface area contributed by atoms with Crippen molar-refractivity contribution in [2.24, 2.45) is 0 Å². The lowest BCUT2D eigenvalue weighted by Crippen LogP contribution is -2.30. The van der Waals surface area contributed by atoms with Crippen LogP contribution in [0.3, 0.4) is 0 Å². The molecule has 0 heterocycles. The molecule has 0 amide bonds. The maximum absolute atomic E-state index is 3.55. The third-order valence-electron chi connectivity index (χ3n) is 4.40. The van der Waals surface area contributed by atoms with E-state index in [1.54, 1.807) is 0 Å². The summed E-state index contributed by atoms with van der Waals surface area (Å²) in [6.07, 6.45) is 1.17. The van der Waals surface area contributed by atoms with Crippen LogP contribution in [-0.4, -0.2) is 12.6 Å². The Labute approximate surface area is 132 Å². The summed E-state index contributed by atoms with van der Waals surface area (Å²) in [4.78, 5) is 0. The van der Waals surface area contributed by atoms with Crippen LogP contribution in [-0.2, 0) is 5.41 Å². The van der Waals surface area contributed by atoms with E-state index in [-0.39, 0.29) is 5.41 Å². The van der Waals surface area contributed by atoms with Crippen LogP contribution in [0.2, 0.25) is 0 Å². The molecule has 0 aliphatic rings. The number of hydrogen-bond donors (Lipinski definition) is 1. The Morgan fingerprint density at radius 2 is 1.57 bits per heavy atom. The highest BCUT2D eigenvalue weighted by atomic mass is 14.9. The normalized spacial score (nSPS) is 12.7. The van der Waals surface area contributed by atoms with E-state index in [2.05, 4.69) is 78.9 Å². The van der Waals surface area contributed by atoms with Crippen molar-refractivity contribution in [3.63, 3.8) is 0 Å². The molecule has 0 aromatic heterocycles. The van der Waals surface area contributed by atoms with Gasteiger partial charge in [-0.1, -0.05) is 73.6 Å². The van der Waals surface area contributed by atoms with Gasteiger partial charge < -0.3 is 5.32 Å². The lowest BCUT2D eigenvalue weighted by Gasteiger charge is -2.30. The lowest BCUT2D eigenvalue weighted by molar-refractivity contribution is 0.437. The summed E-state index contributed by atoms with van der Waals surface area (Å²) in [6, 6.07) is 7.69. The highest BCUT2D eigenvalue weighted by Crippen LogP contribution is 2.35. The summed E-state index contributed by atoms with van der Waals surface area (Å²) in [5, 5.41) is 3.55. The fourth-order valence-electron chi connectivity index (χ4n) is 2.84. The molecule has 0 saturated carbocycles. The minimum absolute atomic E-state index is 0.219. The van der Waals surface area contributed by atoms with Crippen LogP contribution in [0.4, 0.5) is 0 Å². The van der Waals surface area contributed by atoms with Gasteiger partial charge in [0.25, 0.3) is 0 Å². The van der Waals surface area contributed by atoms with E-state index in [4.69, 9.17) is 0 Å². The fourth-order valence-corrected chi connectivity index (χ4v) is 2.84. The van der Waals surface area contributed by atoms with Crippen molar-refractivity contribution < 1.29 is 0 Å². The van der Waals surface area contributed by atoms with E-state index in [0.29, 0.717) is 17.9 Å². The molecule has 1 nitrogen and oxygen atoms in total. The summed E-state index contributed by atoms with van der Waals surface area (Å²) in [7, 11) is 0. The van der Waals surface area contributed by atoms with Gasteiger partial charge in [0.2, 0.25) is 0 Å². The molecule has 0 unspecified atom stereocenters. The van der Waals surface area contributed by atoms with Crippen molar-refractivity contribution >= 4 is 0 Å². The SMILES string of the molecule is CC(C)NCCC(C)(C)c1ccc(C(C)C)cc1C(C)C. The van der Waals surface area contributed by atoms with Gasteiger partial charge in [-0.25, -0.2) is 0 Å². The predicted octanol–water partition coefficient (Wildman–Crippen LogP) is 5.60. The Bertz CT molecular complexity index is 441. The highest BCUT2D eigenvalue weighted by Gasteiger charge is 2.24. The predicted molar refractivity (Wildman–Crippen MR) is 95.4 cm³/mol. The van der Waals surface area contributed by atoms with Crippen molar-refractivity contribution in [3.8, 4) is 0 Å². The zero-order valence-corrected chi connectivity index (χ0v) is 15.4. The molecule has 0 bridgehead atoms. The topological polar surface area (TPSA) is 12.0 Å². The molecular formula is C20H35N. The van der Waals surface area contributed by atoms with Crippen molar-refractivity contribution in [1.82, 2.24) is 5.32 Å². The first-order valence-corrected chi connectivity index (χ1v) is 8.53. The van der Waals surface area contributed by atoms with E-state index >= 15 is 0 Å². The van der Waals surface area contributed by atoms with Gasteiger partial charge in [0.1, 0.15) is 0 Å². The first kappa shape index (κ1) is 18.2. The largest absolute Gasteiger partial charge is 0.315 e. The Balaban J connectivity index is 3.04. The molecule has 0 aliphatic carbocycles. The summed E-state index contributed by atoms with van der Waals surface area (Å²) < 4.78 is 0. The van der Waals surface area contributed by atoms with Crippen molar-refractivity contribution in [2.75, 3.05) is 6.54 Å². The first-order chi connectivity index (χ1) is 9.65. The standard InChI is InChI=1S/C20H35N/c1-14(2)17-9-10-19(18(13-17)15(3)4)20(7,8)11-12-21-16(5)6/h9-10,13-16,21H,11-12H2,1-8H3. The molecule has 1 aromatic rings. The van der Waals surface area contributed by atoms with Gasteiger partial charge >= 0.3 is 0 Å². The van der Waals surface area contributed by atoms with E-state index < -0.39 is 0 Å². The Hall–Kier alpha value is -0.820. The molecule has 120 valence electrons. The summed E-state index contributed by atoms with van der Waals surface area (Å²) in [5.41, 5.74) is 4.72. The average molecular weight is 290 g/mol. The second-order valence-electron chi connectivity index (χ2n) is 7.90. The van der Waals surface area contributed by atoms with Crippen molar-refractivity contribution in [3.05, 3.63) is 34.9 Å². The molecule has 0 fully saturated rings. The Morgan fingerprint density at radius 3 is 2.05 bits per heavy atom. The average Bonchev–Trinajstić information content (AvgIpc) is 2.37. The van der Waals surface area contributed by atoms with Crippen LogP contribution < -0.4 is 5.32 Å². The van der Waals surface area contributed by atoms with Gasteiger partial charge in [0, 0.05) is 6.04 Å². The molecule has 1 heteroatoms. The van der Waals surface area contributed by atoms with Crippen LogP contribution in [0, 0.1) is 0 Å². The zero-order chi connectivity index (χ0) is 16.2. The van der Waals surface area contributed by atoms with E-state index in [0.717, 1.165) is 6.54 Å².